The molecule has 1 fully saturated rings. The summed E-state index contributed by atoms with van der Waals surface area (Å²) >= 11 is 3.04. The Bertz CT molecular complexity index is 650. The Morgan fingerprint density at radius 3 is 2.58 bits per heavy atom. The average Bonchev–Trinajstić information content (AvgIpc) is 2.65. The fraction of sp³-hybridized carbons (Fsp3) is 0.300. The first-order valence-corrected chi connectivity index (χ1v) is 7.42. The number of hydrogen-bond acceptors (Lipinski definition) is 4. The molecule has 1 amide bonds. The molecule has 1 saturated heterocycles. The minimum Gasteiger partial charge on any atom is -0.395 e. The van der Waals surface area contributed by atoms with Gasteiger partial charge in [-0.1, -0.05) is 15.9 Å². The van der Waals surface area contributed by atoms with Crippen molar-refractivity contribution in [2.24, 2.45) is 0 Å². The summed E-state index contributed by atoms with van der Waals surface area (Å²) in [7, 11) is -4.82. The molecule has 0 aromatic heterocycles. The summed E-state index contributed by atoms with van der Waals surface area (Å²) in [6.07, 6.45) is -0.480. The number of nitrogen functional groups attached to an aromatic ring is 1. The minimum absolute atomic E-state index is 0.0306. The van der Waals surface area contributed by atoms with Crippen LogP contribution in [0.15, 0.2) is 16.6 Å². The SMILES string of the molecule is Nc1c(F)cc(Br)cc1N1CC(S(=O)(=O)F)CC1=O. The number of benzene rings is 1. The smallest absolute Gasteiger partial charge is 0.307 e. The van der Waals surface area contributed by atoms with E-state index in [9.17, 15) is 21.5 Å². The van der Waals surface area contributed by atoms with E-state index in [1.54, 1.807) is 0 Å². The number of carbonyl (C=O) groups excluding carboxylic acids is 1. The van der Waals surface area contributed by atoms with E-state index in [0.717, 1.165) is 11.0 Å². The van der Waals surface area contributed by atoms with Crippen LogP contribution in [0.2, 0.25) is 0 Å². The summed E-state index contributed by atoms with van der Waals surface area (Å²) < 4.78 is 48.3. The highest BCUT2D eigenvalue weighted by molar-refractivity contribution is 9.10. The van der Waals surface area contributed by atoms with E-state index in [1.165, 1.54) is 6.07 Å². The predicted molar refractivity (Wildman–Crippen MR) is 69.3 cm³/mol. The van der Waals surface area contributed by atoms with Gasteiger partial charge >= 0.3 is 10.2 Å². The standard InChI is InChI=1S/C10H9BrF2N2O3S/c11-5-1-7(12)10(14)8(2-5)15-4-6(3-9(15)16)19(13,17)18/h1-2,6H,3-4,14H2. The normalized spacial score (nSPS) is 20.1. The van der Waals surface area contributed by atoms with Gasteiger partial charge in [-0.25, -0.2) is 4.39 Å². The van der Waals surface area contributed by atoms with Gasteiger partial charge in [0.2, 0.25) is 5.91 Å². The van der Waals surface area contributed by atoms with Gasteiger partial charge in [-0.05, 0) is 12.1 Å². The Morgan fingerprint density at radius 1 is 1.42 bits per heavy atom. The molecule has 5 nitrogen and oxygen atoms in total. The van der Waals surface area contributed by atoms with Crippen LogP contribution in [0.3, 0.4) is 0 Å². The van der Waals surface area contributed by atoms with Crippen LogP contribution in [-0.2, 0) is 15.0 Å². The zero-order valence-electron chi connectivity index (χ0n) is 9.44. The highest BCUT2D eigenvalue weighted by Gasteiger charge is 2.39. The fourth-order valence-corrected chi connectivity index (χ4v) is 2.98. The van der Waals surface area contributed by atoms with Crippen LogP contribution in [0, 0.1) is 5.82 Å². The molecule has 2 rings (SSSR count). The lowest BCUT2D eigenvalue weighted by atomic mass is 10.2. The first-order chi connectivity index (χ1) is 8.70. The first-order valence-electron chi connectivity index (χ1n) is 5.18. The van der Waals surface area contributed by atoms with E-state index in [-0.39, 0.29) is 17.9 Å². The Balaban J connectivity index is 2.41. The average molecular weight is 355 g/mol. The van der Waals surface area contributed by atoms with Crippen LogP contribution in [0.4, 0.5) is 19.7 Å². The Labute approximate surface area is 116 Å². The molecule has 1 atom stereocenters. The van der Waals surface area contributed by atoms with Crippen molar-refractivity contribution in [2.45, 2.75) is 11.7 Å². The predicted octanol–water partition coefficient (Wildman–Crippen LogP) is 1.58. The van der Waals surface area contributed by atoms with Gasteiger partial charge in [0, 0.05) is 17.4 Å². The van der Waals surface area contributed by atoms with Gasteiger partial charge in [0.15, 0.2) is 0 Å². The summed E-state index contributed by atoms with van der Waals surface area (Å²) in [5, 5.41) is -1.44. The molecule has 2 N–H and O–H groups in total. The quantitative estimate of drug-likeness (QED) is 0.645. The Hall–Kier alpha value is -1.22. The van der Waals surface area contributed by atoms with E-state index in [0.29, 0.717) is 4.47 Å². The third-order valence-corrected chi connectivity index (χ3v) is 4.42. The second-order valence-electron chi connectivity index (χ2n) is 4.13. The summed E-state index contributed by atoms with van der Waals surface area (Å²) in [6, 6.07) is 2.49. The number of carbonyl (C=O) groups is 1. The van der Waals surface area contributed by atoms with Crippen LogP contribution in [0.25, 0.3) is 0 Å². The van der Waals surface area contributed by atoms with Crippen molar-refractivity contribution in [3.63, 3.8) is 0 Å². The maximum absolute atomic E-state index is 13.5. The third kappa shape index (κ3) is 2.71. The molecule has 1 unspecified atom stereocenters. The largest absolute Gasteiger partial charge is 0.395 e. The van der Waals surface area contributed by atoms with E-state index < -0.39 is 33.6 Å². The number of halogens is 3. The van der Waals surface area contributed by atoms with Crippen molar-refractivity contribution in [1.82, 2.24) is 0 Å². The summed E-state index contributed by atoms with van der Waals surface area (Å²) in [5.74, 6) is -1.36. The van der Waals surface area contributed by atoms with Crippen LogP contribution < -0.4 is 10.6 Å². The minimum atomic E-state index is -4.82. The lowest BCUT2D eigenvalue weighted by Gasteiger charge is -2.19. The molecule has 0 radical (unpaired) electrons. The van der Waals surface area contributed by atoms with E-state index in [2.05, 4.69) is 15.9 Å². The third-order valence-electron chi connectivity index (χ3n) is 2.85. The highest BCUT2D eigenvalue weighted by Crippen LogP contribution is 2.34. The highest BCUT2D eigenvalue weighted by atomic mass is 79.9. The van der Waals surface area contributed by atoms with Gasteiger partial charge in [-0.15, -0.1) is 3.89 Å². The molecule has 19 heavy (non-hydrogen) atoms. The van der Waals surface area contributed by atoms with Crippen molar-refractivity contribution in [3.8, 4) is 0 Å². The van der Waals surface area contributed by atoms with E-state index >= 15 is 0 Å². The lowest BCUT2D eigenvalue weighted by molar-refractivity contribution is -0.117. The first kappa shape index (κ1) is 14.2. The van der Waals surface area contributed by atoms with Crippen molar-refractivity contribution in [3.05, 3.63) is 22.4 Å². The van der Waals surface area contributed by atoms with Gasteiger partial charge in [-0.3, -0.25) is 4.79 Å². The molecule has 1 aromatic rings. The Morgan fingerprint density at radius 2 is 2.05 bits per heavy atom. The number of anilines is 2. The second-order valence-corrected chi connectivity index (χ2v) is 6.66. The maximum Gasteiger partial charge on any atom is 0.307 e. The molecule has 1 aliphatic heterocycles. The fourth-order valence-electron chi connectivity index (χ4n) is 1.89. The molecule has 0 saturated carbocycles. The summed E-state index contributed by atoms with van der Waals surface area (Å²) in [5.41, 5.74) is 5.26. The number of amides is 1. The zero-order valence-corrected chi connectivity index (χ0v) is 11.8. The van der Waals surface area contributed by atoms with Crippen LogP contribution >= 0.6 is 15.9 Å². The van der Waals surface area contributed by atoms with E-state index in [1.807, 2.05) is 0 Å². The second kappa shape index (κ2) is 4.71. The van der Waals surface area contributed by atoms with Crippen molar-refractivity contribution in [2.75, 3.05) is 17.2 Å². The molecule has 0 aliphatic carbocycles. The van der Waals surface area contributed by atoms with Gasteiger partial charge in [0.1, 0.15) is 11.1 Å². The molecule has 9 heteroatoms. The lowest BCUT2D eigenvalue weighted by Crippen LogP contribution is -2.28. The van der Waals surface area contributed by atoms with Gasteiger partial charge in [-0.2, -0.15) is 8.42 Å². The van der Waals surface area contributed by atoms with Gasteiger partial charge < -0.3 is 10.6 Å². The van der Waals surface area contributed by atoms with Crippen LogP contribution in [0.1, 0.15) is 6.42 Å². The van der Waals surface area contributed by atoms with Gasteiger partial charge in [0.05, 0.1) is 11.4 Å². The van der Waals surface area contributed by atoms with Crippen molar-refractivity contribution < 1.29 is 21.5 Å². The maximum atomic E-state index is 13.5. The number of nitrogens with two attached hydrogens (primary N) is 1. The molecular formula is C10H9BrF2N2O3S. The summed E-state index contributed by atoms with van der Waals surface area (Å²) in [4.78, 5) is 12.7. The van der Waals surface area contributed by atoms with E-state index in [4.69, 9.17) is 5.73 Å². The molecule has 0 bridgehead atoms. The Kier molecular flexibility index (Phi) is 3.52. The molecular weight excluding hydrogens is 346 g/mol. The molecule has 1 heterocycles. The number of nitrogens with zero attached hydrogens (tertiary/aromatic N) is 1. The molecule has 1 aromatic carbocycles. The summed E-state index contributed by atoms with van der Waals surface area (Å²) in [6.45, 7) is -0.377. The van der Waals surface area contributed by atoms with Gasteiger partial charge in [0.25, 0.3) is 0 Å². The van der Waals surface area contributed by atoms with Crippen LogP contribution in [0.5, 0.6) is 0 Å². The number of rotatable bonds is 2. The molecule has 1 aliphatic rings. The van der Waals surface area contributed by atoms with Crippen molar-refractivity contribution in [1.29, 1.82) is 0 Å². The topological polar surface area (TPSA) is 80.5 Å². The zero-order chi connectivity index (χ0) is 14.4. The number of hydrogen-bond donors (Lipinski definition) is 1. The molecule has 104 valence electrons. The van der Waals surface area contributed by atoms with Crippen LogP contribution in [-0.4, -0.2) is 26.1 Å². The van der Waals surface area contributed by atoms with Crippen molar-refractivity contribution >= 4 is 43.4 Å². The molecule has 0 spiro atoms. The monoisotopic (exact) mass is 354 g/mol.